The van der Waals surface area contributed by atoms with Gasteiger partial charge in [-0.15, -0.1) is 0 Å². The highest BCUT2D eigenvalue weighted by atomic mass is 35.5. The summed E-state index contributed by atoms with van der Waals surface area (Å²) in [4.78, 5) is 21.8. The van der Waals surface area contributed by atoms with Crippen molar-refractivity contribution in [1.29, 1.82) is 0 Å². The molecule has 2 aromatic rings. The van der Waals surface area contributed by atoms with Crippen LogP contribution < -0.4 is 9.64 Å². The van der Waals surface area contributed by atoms with Crippen LogP contribution in [0.2, 0.25) is 5.02 Å². The number of anilines is 1. The van der Waals surface area contributed by atoms with Crippen molar-refractivity contribution in [2.45, 2.75) is 18.9 Å². The molecule has 1 aromatic heterocycles. The smallest absolute Gasteiger partial charge is 0.254 e. The van der Waals surface area contributed by atoms with E-state index in [1.165, 1.54) is 0 Å². The van der Waals surface area contributed by atoms with Crippen LogP contribution in [0.5, 0.6) is 5.75 Å². The van der Waals surface area contributed by atoms with Gasteiger partial charge >= 0.3 is 0 Å². The Kier molecular flexibility index (Phi) is 4.72. The van der Waals surface area contributed by atoms with Gasteiger partial charge in [0.15, 0.2) is 0 Å². The van der Waals surface area contributed by atoms with E-state index in [1.807, 2.05) is 41.3 Å². The number of halogens is 1. The van der Waals surface area contributed by atoms with Crippen LogP contribution in [0.15, 0.2) is 42.6 Å². The summed E-state index contributed by atoms with van der Waals surface area (Å²) in [7, 11) is 1.62. The van der Waals surface area contributed by atoms with Crippen molar-refractivity contribution in [3.05, 3.63) is 53.2 Å². The van der Waals surface area contributed by atoms with Gasteiger partial charge in [0.1, 0.15) is 11.6 Å². The topological polar surface area (TPSA) is 45.7 Å². The fourth-order valence-electron chi connectivity index (χ4n) is 4.08. The highest BCUT2D eigenvalue weighted by Crippen LogP contribution is 2.34. The number of amides is 1. The lowest BCUT2D eigenvalue weighted by molar-refractivity contribution is 0.0711. The van der Waals surface area contributed by atoms with Gasteiger partial charge in [0.2, 0.25) is 0 Å². The van der Waals surface area contributed by atoms with Crippen LogP contribution in [0.4, 0.5) is 5.82 Å². The molecular formula is C20H22ClN3O2. The lowest BCUT2D eigenvalue weighted by Gasteiger charge is -2.39. The van der Waals surface area contributed by atoms with E-state index in [-0.39, 0.29) is 11.9 Å². The molecule has 0 saturated carbocycles. The van der Waals surface area contributed by atoms with Crippen LogP contribution in [0.3, 0.4) is 0 Å². The monoisotopic (exact) mass is 371 g/mol. The number of hydrogen-bond acceptors (Lipinski definition) is 4. The zero-order valence-electron chi connectivity index (χ0n) is 14.8. The average molecular weight is 372 g/mol. The van der Waals surface area contributed by atoms with E-state index in [1.54, 1.807) is 13.3 Å². The Bertz CT molecular complexity index is 796. The van der Waals surface area contributed by atoms with Crippen LogP contribution in [-0.2, 0) is 0 Å². The molecule has 2 atom stereocenters. The molecule has 2 fully saturated rings. The number of rotatable bonds is 3. The lowest BCUT2D eigenvalue weighted by atomic mass is 9.92. The molecule has 26 heavy (non-hydrogen) atoms. The summed E-state index contributed by atoms with van der Waals surface area (Å²) in [5.41, 5.74) is 0.687. The van der Waals surface area contributed by atoms with Gasteiger partial charge in [0.25, 0.3) is 5.91 Å². The van der Waals surface area contributed by atoms with Crippen LogP contribution >= 0.6 is 11.6 Å². The maximum atomic E-state index is 13.1. The molecule has 3 heterocycles. The van der Waals surface area contributed by atoms with Crippen molar-refractivity contribution in [3.63, 3.8) is 0 Å². The molecule has 4 rings (SSSR count). The molecule has 136 valence electrons. The number of piperidine rings is 1. The molecule has 2 saturated heterocycles. The van der Waals surface area contributed by atoms with E-state index >= 15 is 0 Å². The van der Waals surface area contributed by atoms with Crippen molar-refractivity contribution in [2.24, 2.45) is 5.92 Å². The zero-order chi connectivity index (χ0) is 18.1. The summed E-state index contributed by atoms with van der Waals surface area (Å²) in [6, 6.07) is 11.4. The Morgan fingerprint density at radius 3 is 2.85 bits per heavy atom. The molecule has 2 aliphatic rings. The summed E-state index contributed by atoms with van der Waals surface area (Å²) < 4.78 is 5.26. The summed E-state index contributed by atoms with van der Waals surface area (Å²) >= 11 is 5.95. The highest BCUT2D eigenvalue weighted by molar-refractivity contribution is 6.30. The van der Waals surface area contributed by atoms with Crippen LogP contribution in [0, 0.1) is 5.92 Å². The lowest BCUT2D eigenvalue weighted by Crippen LogP contribution is -2.50. The number of carbonyl (C=O) groups is 1. The van der Waals surface area contributed by atoms with Crippen LogP contribution in [0.25, 0.3) is 0 Å². The second-order valence-corrected chi connectivity index (χ2v) is 7.35. The normalized spacial score (nSPS) is 22.2. The molecule has 0 bridgehead atoms. The maximum absolute atomic E-state index is 13.1. The molecular weight excluding hydrogens is 350 g/mol. The maximum Gasteiger partial charge on any atom is 0.254 e. The molecule has 1 amide bonds. The number of likely N-dealkylation sites (tertiary alicyclic amines) is 1. The number of methoxy groups -OCH3 is 1. The molecule has 0 radical (unpaired) electrons. The van der Waals surface area contributed by atoms with Crippen molar-refractivity contribution in [1.82, 2.24) is 9.88 Å². The largest absolute Gasteiger partial charge is 0.497 e. The van der Waals surface area contributed by atoms with E-state index in [0.717, 1.165) is 38.3 Å². The molecule has 2 aliphatic heterocycles. The highest BCUT2D eigenvalue weighted by Gasteiger charge is 2.41. The molecule has 0 aliphatic carbocycles. The minimum absolute atomic E-state index is 0.0855. The fourth-order valence-corrected chi connectivity index (χ4v) is 4.19. The number of carbonyl (C=O) groups excluding carboxylic acids is 1. The van der Waals surface area contributed by atoms with Crippen molar-refractivity contribution in [2.75, 3.05) is 31.6 Å². The van der Waals surface area contributed by atoms with Gasteiger partial charge in [-0.2, -0.15) is 0 Å². The molecule has 1 aromatic carbocycles. The first-order valence-corrected chi connectivity index (χ1v) is 9.35. The molecule has 2 unspecified atom stereocenters. The molecule has 0 N–H and O–H groups in total. The first kappa shape index (κ1) is 17.2. The number of hydrogen-bond donors (Lipinski definition) is 0. The predicted octanol–water partition coefficient (Wildman–Crippen LogP) is 3.48. The van der Waals surface area contributed by atoms with E-state index in [2.05, 4.69) is 9.88 Å². The third-order valence-corrected chi connectivity index (χ3v) is 5.70. The third kappa shape index (κ3) is 3.23. The standard InChI is InChI=1S/C20H22ClN3O2/c1-26-17-4-2-3-15(11-17)20(25)24-10-8-14-7-9-23(13-18(14)24)19-6-5-16(21)12-22-19/h2-6,11-12,14,18H,7-10,13H2,1H3. The Morgan fingerprint density at radius 2 is 2.08 bits per heavy atom. The predicted molar refractivity (Wildman–Crippen MR) is 102 cm³/mol. The van der Waals surface area contributed by atoms with Crippen molar-refractivity contribution < 1.29 is 9.53 Å². The quantitative estimate of drug-likeness (QED) is 0.828. The fraction of sp³-hybridized carbons (Fsp3) is 0.400. The number of pyridine rings is 1. The Labute approximate surface area is 158 Å². The van der Waals surface area contributed by atoms with Crippen LogP contribution in [-0.4, -0.2) is 48.6 Å². The number of nitrogens with zero attached hydrogens (tertiary/aromatic N) is 3. The van der Waals surface area contributed by atoms with Gasteiger partial charge in [0.05, 0.1) is 18.2 Å². The summed E-state index contributed by atoms with van der Waals surface area (Å²) in [5, 5.41) is 0.638. The average Bonchev–Trinajstić information content (AvgIpc) is 3.11. The third-order valence-electron chi connectivity index (χ3n) is 5.48. The minimum Gasteiger partial charge on any atom is -0.497 e. The first-order valence-electron chi connectivity index (χ1n) is 8.97. The van der Waals surface area contributed by atoms with Gasteiger partial charge in [-0.3, -0.25) is 4.79 Å². The van der Waals surface area contributed by atoms with Gasteiger partial charge in [0, 0.05) is 31.4 Å². The molecule has 6 heteroatoms. The SMILES string of the molecule is COc1cccc(C(=O)N2CCC3CCN(c4ccc(Cl)cn4)CC32)c1. The van der Waals surface area contributed by atoms with Crippen molar-refractivity contribution >= 4 is 23.3 Å². The van der Waals surface area contributed by atoms with E-state index < -0.39 is 0 Å². The minimum atomic E-state index is 0.0855. The van der Waals surface area contributed by atoms with Crippen LogP contribution in [0.1, 0.15) is 23.2 Å². The van der Waals surface area contributed by atoms with Crippen molar-refractivity contribution in [3.8, 4) is 5.75 Å². The first-order chi connectivity index (χ1) is 12.7. The van der Waals surface area contributed by atoms with Gasteiger partial charge < -0.3 is 14.5 Å². The Hall–Kier alpha value is -2.27. The Balaban J connectivity index is 1.53. The second-order valence-electron chi connectivity index (χ2n) is 6.92. The zero-order valence-corrected chi connectivity index (χ0v) is 15.5. The van der Waals surface area contributed by atoms with Gasteiger partial charge in [-0.25, -0.2) is 4.98 Å². The molecule has 0 spiro atoms. The number of ether oxygens (including phenoxy) is 1. The van der Waals surface area contributed by atoms with Gasteiger partial charge in [-0.1, -0.05) is 17.7 Å². The summed E-state index contributed by atoms with van der Waals surface area (Å²) in [6.07, 6.45) is 3.83. The van der Waals surface area contributed by atoms with E-state index in [0.29, 0.717) is 22.3 Å². The Morgan fingerprint density at radius 1 is 1.23 bits per heavy atom. The number of aromatic nitrogens is 1. The van der Waals surface area contributed by atoms with Gasteiger partial charge in [-0.05, 0) is 49.1 Å². The van der Waals surface area contributed by atoms with E-state index in [9.17, 15) is 4.79 Å². The molecule has 5 nitrogen and oxygen atoms in total. The summed E-state index contributed by atoms with van der Waals surface area (Å²) in [6.45, 7) is 2.60. The number of benzene rings is 1. The number of fused-ring (bicyclic) bond motifs is 1. The van der Waals surface area contributed by atoms with E-state index in [4.69, 9.17) is 16.3 Å². The summed E-state index contributed by atoms with van der Waals surface area (Å²) in [5.74, 6) is 2.28. The second kappa shape index (κ2) is 7.16.